The molecule has 0 radical (unpaired) electrons. The number of alkyl halides is 3. The molecule has 0 aliphatic heterocycles. The van der Waals surface area contributed by atoms with Crippen LogP contribution in [-0.2, 0) is 14.6 Å². The fourth-order valence-corrected chi connectivity index (χ4v) is 2.53. The Kier molecular flexibility index (Phi) is 10.2. The number of ether oxygens (including phenoxy) is 2. The van der Waals surface area contributed by atoms with E-state index < -0.39 is 20.2 Å². The molecule has 0 heterocycles. The molecule has 1 unspecified atom stereocenters. The second-order valence-corrected chi connectivity index (χ2v) is 6.98. The summed E-state index contributed by atoms with van der Waals surface area (Å²) in [6, 6.07) is 3.95. The van der Waals surface area contributed by atoms with Crippen molar-refractivity contribution >= 4 is 39.8 Å². The highest BCUT2D eigenvalue weighted by atomic mass is 127. The predicted molar refractivity (Wildman–Crippen MR) is 102 cm³/mol. The van der Waals surface area contributed by atoms with Gasteiger partial charge in [0, 0.05) is 13.2 Å². The zero-order valence-electron chi connectivity index (χ0n) is 14.1. The summed E-state index contributed by atoms with van der Waals surface area (Å²) in [6.07, 6.45) is 0. The lowest BCUT2D eigenvalue weighted by molar-refractivity contribution is -0.0436. The minimum absolute atomic E-state index is 0. The third-order valence-corrected chi connectivity index (χ3v) is 4.39. The van der Waals surface area contributed by atoms with Crippen LogP contribution in [0.25, 0.3) is 0 Å². The van der Waals surface area contributed by atoms with Crippen molar-refractivity contribution in [3.05, 3.63) is 24.3 Å². The van der Waals surface area contributed by atoms with Crippen LogP contribution in [0.15, 0.2) is 34.2 Å². The van der Waals surface area contributed by atoms with Crippen LogP contribution in [0.2, 0.25) is 0 Å². The van der Waals surface area contributed by atoms with Crippen molar-refractivity contribution in [3.8, 4) is 5.75 Å². The normalized spacial score (nSPS) is 13.7. The van der Waals surface area contributed by atoms with Gasteiger partial charge >= 0.3 is 5.51 Å². The summed E-state index contributed by atoms with van der Waals surface area (Å²) in [5.41, 5.74) is 0.309. The Labute approximate surface area is 167 Å². The monoisotopic (exact) mass is 511 g/mol. The van der Waals surface area contributed by atoms with Gasteiger partial charge in [-0.2, -0.15) is 13.2 Å². The molecule has 0 aromatic heterocycles. The van der Waals surface area contributed by atoms with Gasteiger partial charge in [0.25, 0.3) is 9.84 Å². The predicted octanol–water partition coefficient (Wildman–Crippen LogP) is 1.92. The average molecular weight is 511 g/mol. The van der Waals surface area contributed by atoms with Crippen molar-refractivity contribution in [1.82, 2.24) is 5.32 Å². The molecule has 26 heavy (non-hydrogen) atoms. The van der Waals surface area contributed by atoms with E-state index in [1.54, 1.807) is 7.11 Å². The van der Waals surface area contributed by atoms with Crippen LogP contribution in [0.4, 0.5) is 13.2 Å². The average Bonchev–Trinajstić information content (AvgIpc) is 2.51. The third kappa shape index (κ3) is 7.53. The van der Waals surface area contributed by atoms with Crippen LogP contribution in [0, 0.1) is 0 Å². The summed E-state index contributed by atoms with van der Waals surface area (Å²) in [6.45, 7) is 2.65. The molecule has 0 fully saturated rings. The van der Waals surface area contributed by atoms with E-state index in [0.717, 1.165) is 24.3 Å². The maximum absolute atomic E-state index is 12.4. The molecular formula is C14H21F3IN3O4S. The second kappa shape index (κ2) is 10.8. The molecule has 1 rings (SSSR count). The molecule has 3 N–H and O–H groups in total. The molecule has 1 atom stereocenters. The fourth-order valence-electron chi connectivity index (χ4n) is 1.77. The molecule has 150 valence electrons. The Morgan fingerprint density at radius 2 is 1.88 bits per heavy atom. The fraction of sp³-hybridized carbons (Fsp3) is 0.500. The van der Waals surface area contributed by atoms with Gasteiger partial charge in [0.05, 0.1) is 18.0 Å². The molecule has 0 bridgehead atoms. The molecule has 0 spiro atoms. The zero-order valence-corrected chi connectivity index (χ0v) is 17.3. The van der Waals surface area contributed by atoms with E-state index in [-0.39, 0.29) is 54.9 Å². The minimum Gasteiger partial charge on any atom is -0.492 e. The summed E-state index contributed by atoms with van der Waals surface area (Å²) >= 11 is 0. The molecule has 1 aromatic carbocycles. The van der Waals surface area contributed by atoms with Gasteiger partial charge in [-0.25, -0.2) is 13.4 Å². The van der Waals surface area contributed by atoms with Crippen LogP contribution in [0.5, 0.6) is 5.75 Å². The topological polar surface area (TPSA) is 103 Å². The van der Waals surface area contributed by atoms with E-state index >= 15 is 0 Å². The standard InChI is InChI=1S/C14H20F3N3O4S.HI/c1-10(9-23-2)20-13(18)19-7-8-24-11-3-5-12(6-4-11)25(21,22)14(15,16)17;/h3-6,10H,7-9H2,1-2H3,(H3,18,19,20);1H. The first-order valence-electron chi connectivity index (χ1n) is 7.17. The highest BCUT2D eigenvalue weighted by Gasteiger charge is 2.46. The number of rotatable bonds is 8. The first-order valence-corrected chi connectivity index (χ1v) is 8.66. The van der Waals surface area contributed by atoms with Crippen LogP contribution in [0.1, 0.15) is 6.92 Å². The number of aliphatic imine (C=N–C) groups is 1. The number of benzene rings is 1. The van der Waals surface area contributed by atoms with Crippen molar-refractivity contribution in [2.75, 3.05) is 26.9 Å². The Morgan fingerprint density at radius 3 is 2.38 bits per heavy atom. The lowest BCUT2D eigenvalue weighted by atomic mass is 10.3. The van der Waals surface area contributed by atoms with E-state index in [1.165, 1.54) is 0 Å². The molecule has 1 aromatic rings. The summed E-state index contributed by atoms with van der Waals surface area (Å²) in [4.78, 5) is 3.17. The molecule has 0 amide bonds. The van der Waals surface area contributed by atoms with Gasteiger partial charge in [0.15, 0.2) is 5.96 Å². The Hall–Kier alpha value is -1.28. The number of nitrogens with zero attached hydrogens (tertiary/aromatic N) is 1. The molecular weight excluding hydrogens is 490 g/mol. The highest BCUT2D eigenvalue weighted by Crippen LogP contribution is 2.30. The summed E-state index contributed by atoms with van der Waals surface area (Å²) in [5.74, 6) is 0.426. The number of hydrogen-bond donors (Lipinski definition) is 2. The number of hydrogen-bond acceptors (Lipinski definition) is 5. The summed E-state index contributed by atoms with van der Waals surface area (Å²) in [5, 5.41) is 2.89. The van der Waals surface area contributed by atoms with Crippen molar-refractivity contribution in [2.24, 2.45) is 10.7 Å². The van der Waals surface area contributed by atoms with E-state index in [0.29, 0.717) is 6.61 Å². The molecule has 0 aliphatic carbocycles. The van der Waals surface area contributed by atoms with Crippen LogP contribution in [-0.4, -0.2) is 52.8 Å². The van der Waals surface area contributed by atoms with Gasteiger partial charge in [-0.3, -0.25) is 0 Å². The first kappa shape index (κ1) is 24.7. The van der Waals surface area contributed by atoms with Crippen LogP contribution >= 0.6 is 24.0 Å². The number of nitrogens with two attached hydrogens (primary N) is 1. The number of halogens is 4. The molecule has 0 saturated heterocycles. The molecule has 7 nitrogen and oxygen atoms in total. The SMILES string of the molecule is COCC(C)NC(N)=NCCOc1ccc(S(=O)(=O)C(F)(F)F)cc1.I. The Balaban J connectivity index is 0.00000625. The lowest BCUT2D eigenvalue weighted by Crippen LogP contribution is -2.40. The largest absolute Gasteiger partial charge is 0.501 e. The van der Waals surface area contributed by atoms with Crippen LogP contribution < -0.4 is 15.8 Å². The molecule has 12 heteroatoms. The maximum atomic E-state index is 12.4. The van der Waals surface area contributed by atoms with Crippen molar-refractivity contribution in [3.63, 3.8) is 0 Å². The van der Waals surface area contributed by atoms with Crippen molar-refractivity contribution in [2.45, 2.75) is 23.4 Å². The minimum atomic E-state index is -5.36. The van der Waals surface area contributed by atoms with Crippen molar-refractivity contribution in [1.29, 1.82) is 0 Å². The molecule has 0 aliphatic rings. The second-order valence-electron chi connectivity index (χ2n) is 5.04. The smallest absolute Gasteiger partial charge is 0.492 e. The van der Waals surface area contributed by atoms with Crippen molar-refractivity contribution < 1.29 is 31.1 Å². The quantitative estimate of drug-likeness (QED) is 0.239. The van der Waals surface area contributed by atoms with Crippen LogP contribution in [0.3, 0.4) is 0 Å². The number of nitrogens with one attached hydrogen (secondary N) is 1. The maximum Gasteiger partial charge on any atom is 0.501 e. The first-order chi connectivity index (χ1) is 11.6. The van der Waals surface area contributed by atoms with E-state index in [1.807, 2.05) is 6.92 Å². The van der Waals surface area contributed by atoms with Gasteiger partial charge in [0.2, 0.25) is 0 Å². The number of methoxy groups -OCH3 is 1. The van der Waals surface area contributed by atoms with E-state index in [9.17, 15) is 21.6 Å². The Bertz CT molecular complexity index is 682. The third-order valence-electron chi connectivity index (χ3n) is 2.89. The van der Waals surface area contributed by atoms with Gasteiger partial charge in [-0.15, -0.1) is 24.0 Å². The van der Waals surface area contributed by atoms with Gasteiger partial charge in [-0.05, 0) is 31.2 Å². The van der Waals surface area contributed by atoms with E-state index in [2.05, 4.69) is 10.3 Å². The number of guanidine groups is 1. The highest BCUT2D eigenvalue weighted by molar-refractivity contribution is 14.0. The summed E-state index contributed by atoms with van der Waals surface area (Å²) in [7, 11) is -3.80. The van der Waals surface area contributed by atoms with Gasteiger partial charge < -0.3 is 20.5 Å². The van der Waals surface area contributed by atoms with Gasteiger partial charge in [0.1, 0.15) is 12.4 Å². The lowest BCUT2D eigenvalue weighted by Gasteiger charge is -2.13. The van der Waals surface area contributed by atoms with E-state index in [4.69, 9.17) is 15.2 Å². The molecule has 0 saturated carbocycles. The van der Waals surface area contributed by atoms with Gasteiger partial charge in [-0.1, -0.05) is 0 Å². The summed E-state index contributed by atoms with van der Waals surface area (Å²) < 4.78 is 69.9. The number of sulfone groups is 1. The Morgan fingerprint density at radius 1 is 1.31 bits per heavy atom. The zero-order chi connectivity index (χ0) is 19.1.